The monoisotopic (exact) mass is 372 g/mol. The quantitative estimate of drug-likeness (QED) is 0.558. The van der Waals surface area contributed by atoms with Crippen LogP contribution < -0.4 is 15.0 Å². The summed E-state index contributed by atoms with van der Waals surface area (Å²) in [5, 5.41) is 2.95. The number of ether oxygens (including phenoxy) is 1. The van der Waals surface area contributed by atoms with Crippen LogP contribution in [-0.2, 0) is 6.54 Å². The van der Waals surface area contributed by atoms with Gasteiger partial charge in [0.25, 0.3) is 0 Å². The minimum Gasteiger partial charge on any atom is -0.495 e. The summed E-state index contributed by atoms with van der Waals surface area (Å²) >= 11 is 0. The van der Waals surface area contributed by atoms with Crippen molar-refractivity contribution in [2.24, 2.45) is 0 Å². The van der Waals surface area contributed by atoms with Crippen molar-refractivity contribution in [3.05, 3.63) is 90.9 Å². The highest BCUT2D eigenvalue weighted by molar-refractivity contribution is 6.02. The van der Waals surface area contributed by atoms with Crippen molar-refractivity contribution in [2.75, 3.05) is 17.3 Å². The summed E-state index contributed by atoms with van der Waals surface area (Å²) in [6, 6.07) is 22.5. The van der Waals surface area contributed by atoms with E-state index in [9.17, 15) is 4.79 Å². The Kier molecular flexibility index (Phi) is 4.93. The lowest BCUT2D eigenvalue weighted by atomic mass is 10.2. The Morgan fingerprint density at radius 2 is 1.79 bits per heavy atom. The number of methoxy groups -OCH3 is 1. The number of anilines is 2. The van der Waals surface area contributed by atoms with Gasteiger partial charge in [0.05, 0.1) is 31.2 Å². The highest BCUT2D eigenvalue weighted by Crippen LogP contribution is 2.25. The van der Waals surface area contributed by atoms with Gasteiger partial charge in [-0.3, -0.25) is 4.90 Å². The topological polar surface area (TPSA) is 58.9 Å². The third-order valence-corrected chi connectivity index (χ3v) is 4.48. The van der Waals surface area contributed by atoms with Crippen LogP contribution in [0.2, 0.25) is 0 Å². The number of pyridine rings is 1. The maximum Gasteiger partial charge on any atom is 0.326 e. The van der Waals surface area contributed by atoms with Gasteiger partial charge in [-0.05, 0) is 36.4 Å². The normalized spacial score (nSPS) is 10.6. The van der Waals surface area contributed by atoms with Crippen LogP contribution >= 0.6 is 0 Å². The highest BCUT2D eigenvalue weighted by atomic mass is 16.5. The van der Waals surface area contributed by atoms with E-state index in [-0.39, 0.29) is 6.03 Å². The predicted molar refractivity (Wildman–Crippen MR) is 110 cm³/mol. The average molecular weight is 372 g/mol. The molecule has 1 N–H and O–H groups in total. The number of nitrogens with zero attached hydrogens (tertiary/aromatic N) is 3. The van der Waals surface area contributed by atoms with E-state index in [1.165, 1.54) is 0 Å². The Balaban J connectivity index is 1.67. The van der Waals surface area contributed by atoms with Gasteiger partial charge in [0.1, 0.15) is 11.4 Å². The number of carbonyl (C=O) groups is 1. The molecule has 2 amide bonds. The lowest BCUT2D eigenvalue weighted by molar-refractivity contribution is 0.256. The zero-order chi connectivity index (χ0) is 19.3. The van der Waals surface area contributed by atoms with E-state index in [1.54, 1.807) is 18.2 Å². The van der Waals surface area contributed by atoms with Gasteiger partial charge in [0.15, 0.2) is 0 Å². The molecule has 2 aromatic carbocycles. The molecule has 0 fully saturated rings. The molecule has 6 nitrogen and oxygen atoms in total. The minimum atomic E-state index is -0.249. The number of carbonyl (C=O) groups excluding carboxylic acids is 1. The summed E-state index contributed by atoms with van der Waals surface area (Å²) in [4.78, 5) is 19.3. The molecule has 28 heavy (non-hydrogen) atoms. The molecular formula is C22H20N4O2. The summed E-state index contributed by atoms with van der Waals surface area (Å²) < 4.78 is 7.33. The predicted octanol–water partition coefficient (Wildman–Crippen LogP) is 4.58. The molecule has 0 spiro atoms. The fourth-order valence-corrected chi connectivity index (χ4v) is 3.08. The van der Waals surface area contributed by atoms with Gasteiger partial charge in [-0.1, -0.05) is 36.4 Å². The second kappa shape index (κ2) is 7.84. The molecule has 0 bridgehead atoms. The van der Waals surface area contributed by atoms with Crippen LogP contribution in [0.4, 0.5) is 16.2 Å². The van der Waals surface area contributed by atoms with Gasteiger partial charge < -0.3 is 14.5 Å². The number of rotatable bonds is 5. The van der Waals surface area contributed by atoms with Gasteiger partial charge in [0.2, 0.25) is 0 Å². The Labute approximate surface area is 163 Å². The average Bonchev–Trinajstić information content (AvgIpc) is 3.16. The number of imidazole rings is 1. The first-order valence-corrected chi connectivity index (χ1v) is 8.94. The Morgan fingerprint density at radius 3 is 2.61 bits per heavy atom. The van der Waals surface area contributed by atoms with E-state index in [2.05, 4.69) is 10.3 Å². The molecule has 0 atom stereocenters. The molecule has 2 heterocycles. The number of urea groups is 1. The van der Waals surface area contributed by atoms with Crippen LogP contribution in [0, 0.1) is 0 Å². The molecule has 0 aliphatic heterocycles. The van der Waals surface area contributed by atoms with E-state index < -0.39 is 0 Å². The molecule has 0 saturated carbocycles. The van der Waals surface area contributed by atoms with E-state index in [0.29, 0.717) is 18.0 Å². The molecule has 4 aromatic rings. The van der Waals surface area contributed by atoms with Gasteiger partial charge in [0, 0.05) is 11.9 Å². The van der Waals surface area contributed by atoms with Gasteiger partial charge in [-0.15, -0.1) is 0 Å². The molecule has 0 saturated heterocycles. The van der Waals surface area contributed by atoms with Gasteiger partial charge >= 0.3 is 6.03 Å². The number of para-hydroxylation sites is 3. The number of benzene rings is 2. The molecule has 0 radical (unpaired) electrons. The van der Waals surface area contributed by atoms with E-state index in [4.69, 9.17) is 4.74 Å². The Bertz CT molecular complexity index is 1090. The summed E-state index contributed by atoms with van der Waals surface area (Å²) in [6.07, 6.45) is 3.74. The summed E-state index contributed by atoms with van der Waals surface area (Å²) in [5.74, 6) is 0.610. The summed E-state index contributed by atoms with van der Waals surface area (Å²) in [5.41, 5.74) is 3.17. The zero-order valence-corrected chi connectivity index (χ0v) is 15.4. The molecule has 6 heteroatoms. The number of hydrogen-bond acceptors (Lipinski definition) is 3. The number of amides is 2. The van der Waals surface area contributed by atoms with Crippen LogP contribution in [0.5, 0.6) is 5.75 Å². The molecule has 2 aromatic heterocycles. The highest BCUT2D eigenvalue weighted by Gasteiger charge is 2.19. The van der Waals surface area contributed by atoms with E-state index in [1.807, 2.05) is 83.4 Å². The van der Waals surface area contributed by atoms with Crippen LogP contribution in [0.1, 0.15) is 5.69 Å². The Hall–Kier alpha value is -3.80. The molecule has 0 aliphatic rings. The van der Waals surface area contributed by atoms with E-state index >= 15 is 0 Å². The lowest BCUT2D eigenvalue weighted by Gasteiger charge is -2.23. The SMILES string of the molecule is COc1ccccc1NC(=O)N(Cc1cnc2ccccn12)c1ccccc1. The van der Waals surface area contributed by atoms with Crippen molar-refractivity contribution in [2.45, 2.75) is 6.54 Å². The molecule has 0 unspecified atom stereocenters. The number of aromatic nitrogens is 2. The molecule has 140 valence electrons. The third-order valence-electron chi connectivity index (χ3n) is 4.48. The van der Waals surface area contributed by atoms with Crippen molar-refractivity contribution in [3.8, 4) is 5.75 Å². The fourth-order valence-electron chi connectivity index (χ4n) is 3.08. The maximum absolute atomic E-state index is 13.2. The van der Waals surface area contributed by atoms with Crippen LogP contribution in [0.3, 0.4) is 0 Å². The van der Waals surface area contributed by atoms with Crippen LogP contribution in [0.15, 0.2) is 85.2 Å². The second-order valence-corrected chi connectivity index (χ2v) is 6.23. The lowest BCUT2D eigenvalue weighted by Crippen LogP contribution is -2.35. The minimum absolute atomic E-state index is 0.249. The summed E-state index contributed by atoms with van der Waals surface area (Å²) in [7, 11) is 1.58. The van der Waals surface area contributed by atoms with Crippen molar-refractivity contribution in [1.29, 1.82) is 0 Å². The largest absolute Gasteiger partial charge is 0.495 e. The molecule has 0 aliphatic carbocycles. The van der Waals surface area contributed by atoms with Crippen LogP contribution in [-0.4, -0.2) is 22.5 Å². The molecule has 4 rings (SSSR count). The zero-order valence-electron chi connectivity index (χ0n) is 15.4. The third kappa shape index (κ3) is 3.53. The van der Waals surface area contributed by atoms with Gasteiger partial charge in [-0.25, -0.2) is 9.78 Å². The first-order valence-electron chi connectivity index (χ1n) is 8.94. The van der Waals surface area contributed by atoms with Crippen molar-refractivity contribution >= 4 is 23.1 Å². The van der Waals surface area contributed by atoms with Crippen molar-refractivity contribution in [3.63, 3.8) is 0 Å². The Morgan fingerprint density at radius 1 is 1.04 bits per heavy atom. The van der Waals surface area contributed by atoms with E-state index in [0.717, 1.165) is 17.0 Å². The van der Waals surface area contributed by atoms with Crippen molar-refractivity contribution in [1.82, 2.24) is 9.38 Å². The standard InChI is InChI=1S/C22H20N4O2/c1-28-20-12-6-5-11-19(20)24-22(27)26(17-9-3-2-4-10-17)16-18-15-23-21-13-7-8-14-25(18)21/h2-15H,16H2,1H3,(H,24,27). The maximum atomic E-state index is 13.2. The number of hydrogen-bond donors (Lipinski definition) is 1. The van der Waals surface area contributed by atoms with Gasteiger partial charge in [-0.2, -0.15) is 0 Å². The van der Waals surface area contributed by atoms with Crippen molar-refractivity contribution < 1.29 is 9.53 Å². The number of nitrogens with one attached hydrogen (secondary N) is 1. The molecular weight excluding hydrogens is 352 g/mol. The fraction of sp³-hybridized carbons (Fsp3) is 0.0909. The smallest absolute Gasteiger partial charge is 0.326 e. The second-order valence-electron chi connectivity index (χ2n) is 6.23. The number of fused-ring (bicyclic) bond motifs is 1. The first-order chi connectivity index (χ1) is 13.8. The summed E-state index contributed by atoms with van der Waals surface area (Å²) in [6.45, 7) is 0.371. The van der Waals surface area contributed by atoms with Crippen LogP contribution in [0.25, 0.3) is 5.65 Å². The first kappa shape index (κ1) is 17.6.